The van der Waals surface area contributed by atoms with Crippen molar-refractivity contribution in [1.29, 1.82) is 0 Å². The normalized spacial score (nSPS) is 34.3. The number of carbonyl (C=O) groups is 1. The number of carboxylic acids is 1. The lowest BCUT2D eigenvalue weighted by atomic mass is 10.0. The van der Waals surface area contributed by atoms with Crippen LogP contribution in [0.3, 0.4) is 0 Å². The van der Waals surface area contributed by atoms with Crippen LogP contribution in [0.5, 0.6) is 0 Å². The van der Waals surface area contributed by atoms with E-state index in [4.69, 9.17) is 9.84 Å². The SMILES string of the molecule is O=C(O)CCCOC1C[C@H]2CCC[C@H]2C1. The molecule has 0 radical (unpaired) electrons. The highest BCUT2D eigenvalue weighted by atomic mass is 16.5. The second kappa shape index (κ2) is 4.97. The summed E-state index contributed by atoms with van der Waals surface area (Å²) >= 11 is 0. The molecule has 0 aliphatic heterocycles. The highest BCUT2D eigenvalue weighted by Crippen LogP contribution is 2.44. The minimum absolute atomic E-state index is 0.236. The predicted octanol–water partition coefficient (Wildman–Crippen LogP) is 2.45. The topological polar surface area (TPSA) is 46.5 Å². The van der Waals surface area contributed by atoms with E-state index in [1.54, 1.807) is 0 Å². The molecule has 0 amide bonds. The lowest BCUT2D eigenvalue weighted by Crippen LogP contribution is -2.11. The second-order valence-electron chi connectivity index (χ2n) is 4.91. The summed E-state index contributed by atoms with van der Waals surface area (Å²) < 4.78 is 5.73. The van der Waals surface area contributed by atoms with Crippen molar-refractivity contribution in [1.82, 2.24) is 0 Å². The van der Waals surface area contributed by atoms with Gasteiger partial charge in [-0.05, 0) is 31.1 Å². The van der Waals surface area contributed by atoms with E-state index in [1.165, 1.54) is 32.1 Å². The van der Waals surface area contributed by atoms with Gasteiger partial charge >= 0.3 is 5.97 Å². The summed E-state index contributed by atoms with van der Waals surface area (Å²) in [5, 5.41) is 8.48. The highest BCUT2D eigenvalue weighted by molar-refractivity contribution is 5.66. The largest absolute Gasteiger partial charge is 0.481 e. The highest BCUT2D eigenvalue weighted by Gasteiger charge is 2.37. The molecule has 2 rings (SSSR count). The van der Waals surface area contributed by atoms with Crippen molar-refractivity contribution in [2.75, 3.05) is 6.61 Å². The zero-order chi connectivity index (χ0) is 10.7. The standard InChI is InChI=1S/C12H20O3/c13-12(14)5-2-6-15-11-7-9-3-1-4-10(9)8-11/h9-11H,1-8H2,(H,13,14)/t9-,10+,11?. The zero-order valence-electron chi connectivity index (χ0n) is 9.15. The Hall–Kier alpha value is -0.570. The van der Waals surface area contributed by atoms with Gasteiger partial charge in [0.2, 0.25) is 0 Å². The van der Waals surface area contributed by atoms with Crippen LogP contribution in [0.25, 0.3) is 0 Å². The zero-order valence-corrected chi connectivity index (χ0v) is 9.15. The van der Waals surface area contributed by atoms with Crippen molar-refractivity contribution < 1.29 is 14.6 Å². The van der Waals surface area contributed by atoms with Crippen LogP contribution in [-0.2, 0) is 9.53 Å². The third-order valence-electron chi connectivity index (χ3n) is 3.84. The van der Waals surface area contributed by atoms with Crippen molar-refractivity contribution >= 4 is 5.97 Å². The number of carboxylic acid groups (broad SMARTS) is 1. The van der Waals surface area contributed by atoms with E-state index in [-0.39, 0.29) is 6.42 Å². The fraction of sp³-hybridized carbons (Fsp3) is 0.917. The maximum Gasteiger partial charge on any atom is 0.303 e. The monoisotopic (exact) mass is 212 g/mol. The first-order valence-electron chi connectivity index (χ1n) is 6.09. The van der Waals surface area contributed by atoms with E-state index in [0.717, 1.165) is 11.8 Å². The van der Waals surface area contributed by atoms with Crippen molar-refractivity contribution in [2.45, 2.75) is 51.0 Å². The molecular formula is C12H20O3. The summed E-state index contributed by atoms with van der Waals surface area (Å²) in [4.78, 5) is 10.3. The number of aliphatic carboxylic acids is 1. The van der Waals surface area contributed by atoms with Crippen molar-refractivity contribution in [2.24, 2.45) is 11.8 Å². The van der Waals surface area contributed by atoms with Crippen LogP contribution < -0.4 is 0 Å². The van der Waals surface area contributed by atoms with Crippen LogP contribution in [-0.4, -0.2) is 23.8 Å². The number of ether oxygens (including phenoxy) is 1. The van der Waals surface area contributed by atoms with Gasteiger partial charge in [-0.1, -0.05) is 19.3 Å². The Labute approximate surface area is 90.8 Å². The molecule has 2 aliphatic carbocycles. The Bertz CT molecular complexity index is 215. The van der Waals surface area contributed by atoms with Crippen molar-refractivity contribution in [3.63, 3.8) is 0 Å². The van der Waals surface area contributed by atoms with Gasteiger partial charge in [-0.2, -0.15) is 0 Å². The van der Waals surface area contributed by atoms with Crippen molar-refractivity contribution in [3.8, 4) is 0 Å². The first-order chi connectivity index (χ1) is 7.25. The van der Waals surface area contributed by atoms with E-state index in [2.05, 4.69) is 0 Å². The fourth-order valence-corrected chi connectivity index (χ4v) is 3.12. The molecule has 15 heavy (non-hydrogen) atoms. The summed E-state index contributed by atoms with van der Waals surface area (Å²) in [7, 11) is 0. The van der Waals surface area contributed by atoms with Gasteiger partial charge in [0.15, 0.2) is 0 Å². The van der Waals surface area contributed by atoms with Gasteiger partial charge in [0.25, 0.3) is 0 Å². The van der Waals surface area contributed by atoms with Crippen LogP contribution in [0.1, 0.15) is 44.9 Å². The van der Waals surface area contributed by atoms with Gasteiger partial charge in [-0.15, -0.1) is 0 Å². The molecule has 0 heterocycles. The van der Waals surface area contributed by atoms with Gasteiger partial charge in [-0.3, -0.25) is 4.79 Å². The first-order valence-corrected chi connectivity index (χ1v) is 6.09. The molecule has 0 saturated heterocycles. The predicted molar refractivity (Wildman–Crippen MR) is 56.7 cm³/mol. The van der Waals surface area contributed by atoms with Gasteiger partial charge < -0.3 is 9.84 Å². The van der Waals surface area contributed by atoms with E-state index in [0.29, 0.717) is 19.1 Å². The van der Waals surface area contributed by atoms with E-state index < -0.39 is 5.97 Å². The molecule has 3 nitrogen and oxygen atoms in total. The third kappa shape index (κ3) is 2.94. The Kier molecular flexibility index (Phi) is 3.62. The molecule has 0 bridgehead atoms. The molecule has 3 atom stereocenters. The van der Waals surface area contributed by atoms with Gasteiger partial charge in [0.05, 0.1) is 6.10 Å². The molecule has 2 aliphatic rings. The van der Waals surface area contributed by atoms with Crippen LogP contribution in [0, 0.1) is 11.8 Å². The molecule has 0 aromatic heterocycles. The Morgan fingerprint density at radius 3 is 2.53 bits per heavy atom. The minimum Gasteiger partial charge on any atom is -0.481 e. The summed E-state index contributed by atoms with van der Waals surface area (Å²) in [6.07, 6.45) is 7.94. The van der Waals surface area contributed by atoms with Gasteiger partial charge in [-0.25, -0.2) is 0 Å². The third-order valence-corrected chi connectivity index (χ3v) is 3.84. The molecule has 1 N–H and O–H groups in total. The summed E-state index contributed by atoms with van der Waals surface area (Å²) in [6, 6.07) is 0. The Morgan fingerprint density at radius 1 is 1.27 bits per heavy atom. The maximum absolute atomic E-state index is 10.3. The summed E-state index contributed by atoms with van der Waals surface area (Å²) in [5.41, 5.74) is 0. The molecule has 0 aromatic rings. The lowest BCUT2D eigenvalue weighted by molar-refractivity contribution is -0.137. The smallest absolute Gasteiger partial charge is 0.303 e. The van der Waals surface area contributed by atoms with Gasteiger partial charge in [0, 0.05) is 13.0 Å². The molecule has 2 fully saturated rings. The van der Waals surface area contributed by atoms with Crippen LogP contribution in [0.4, 0.5) is 0 Å². The van der Waals surface area contributed by atoms with E-state index in [9.17, 15) is 4.79 Å². The Morgan fingerprint density at radius 2 is 1.93 bits per heavy atom. The Balaban J connectivity index is 1.59. The molecule has 86 valence electrons. The second-order valence-corrected chi connectivity index (χ2v) is 4.91. The fourth-order valence-electron chi connectivity index (χ4n) is 3.12. The number of fused-ring (bicyclic) bond motifs is 1. The van der Waals surface area contributed by atoms with Crippen LogP contribution in [0.15, 0.2) is 0 Å². The average Bonchev–Trinajstić information content (AvgIpc) is 2.71. The van der Waals surface area contributed by atoms with Crippen LogP contribution in [0.2, 0.25) is 0 Å². The quantitative estimate of drug-likeness (QED) is 0.712. The van der Waals surface area contributed by atoms with E-state index >= 15 is 0 Å². The summed E-state index contributed by atoms with van der Waals surface area (Å²) in [6.45, 7) is 0.621. The minimum atomic E-state index is -0.720. The first kappa shape index (κ1) is 10.9. The summed E-state index contributed by atoms with van der Waals surface area (Å²) in [5.74, 6) is 1.10. The molecule has 2 saturated carbocycles. The molecular weight excluding hydrogens is 192 g/mol. The lowest BCUT2D eigenvalue weighted by Gasteiger charge is -2.11. The molecule has 1 unspecified atom stereocenters. The van der Waals surface area contributed by atoms with E-state index in [1.807, 2.05) is 0 Å². The number of hydrogen-bond donors (Lipinski definition) is 1. The molecule has 0 spiro atoms. The number of rotatable bonds is 5. The number of hydrogen-bond acceptors (Lipinski definition) is 2. The average molecular weight is 212 g/mol. The molecule has 3 heteroatoms. The van der Waals surface area contributed by atoms with Crippen LogP contribution >= 0.6 is 0 Å². The van der Waals surface area contributed by atoms with Gasteiger partial charge in [0.1, 0.15) is 0 Å². The maximum atomic E-state index is 10.3. The molecule has 0 aromatic carbocycles. The van der Waals surface area contributed by atoms with Crippen molar-refractivity contribution in [3.05, 3.63) is 0 Å².